The van der Waals surface area contributed by atoms with E-state index in [0.717, 1.165) is 37.8 Å². The first-order chi connectivity index (χ1) is 9.33. The van der Waals surface area contributed by atoms with Crippen LogP contribution in [0.15, 0.2) is 24.3 Å². The summed E-state index contributed by atoms with van der Waals surface area (Å²) in [6.07, 6.45) is 6.31. The minimum absolute atomic E-state index is 0.299. The topological polar surface area (TPSA) is 38.5 Å². The second-order valence-corrected chi connectivity index (χ2v) is 5.90. The van der Waals surface area contributed by atoms with Crippen LogP contribution in [0.4, 0.5) is 5.69 Å². The van der Waals surface area contributed by atoms with Crippen molar-refractivity contribution >= 4 is 5.69 Å². The molecule has 0 bridgehead atoms. The Balaban J connectivity index is 1.64. The lowest BCUT2D eigenvalue weighted by molar-refractivity contribution is 0.302. The molecular weight excluding hydrogens is 236 g/mol. The lowest BCUT2D eigenvalue weighted by Crippen LogP contribution is -2.43. The van der Waals surface area contributed by atoms with Gasteiger partial charge in [0.2, 0.25) is 0 Å². The van der Waals surface area contributed by atoms with Crippen LogP contribution in [0.3, 0.4) is 0 Å². The number of nitrogens with zero attached hydrogens (tertiary/aromatic N) is 1. The summed E-state index contributed by atoms with van der Waals surface area (Å²) in [6, 6.07) is 8.68. The third kappa shape index (κ3) is 3.41. The van der Waals surface area contributed by atoms with Crippen molar-refractivity contribution in [1.82, 2.24) is 0 Å². The molecule has 1 unspecified atom stereocenters. The maximum absolute atomic E-state index is 6.08. The first-order valence-corrected chi connectivity index (χ1v) is 7.55. The normalized spacial score (nSPS) is 23.4. The third-order valence-corrected chi connectivity index (χ3v) is 4.14. The van der Waals surface area contributed by atoms with Crippen molar-refractivity contribution in [3.05, 3.63) is 24.3 Å². The minimum Gasteiger partial charge on any atom is -0.491 e. The quantitative estimate of drug-likeness (QED) is 0.884. The summed E-state index contributed by atoms with van der Waals surface area (Å²) in [5.41, 5.74) is 7.29. The molecule has 3 nitrogen and oxygen atoms in total. The number of anilines is 1. The molecule has 1 atom stereocenters. The lowest BCUT2D eigenvalue weighted by atomic mass is 10.1. The summed E-state index contributed by atoms with van der Waals surface area (Å²) in [7, 11) is 0. The van der Waals surface area contributed by atoms with Crippen molar-refractivity contribution in [1.29, 1.82) is 0 Å². The van der Waals surface area contributed by atoms with Gasteiger partial charge in [0.05, 0.1) is 12.3 Å². The van der Waals surface area contributed by atoms with E-state index >= 15 is 0 Å². The SMILES string of the molecule is NC1CCCN(c2ccccc2OCCC2CC2)C1. The van der Waals surface area contributed by atoms with Crippen molar-refractivity contribution in [2.45, 2.75) is 38.1 Å². The summed E-state index contributed by atoms with van der Waals surface area (Å²) >= 11 is 0. The Kier molecular flexibility index (Phi) is 3.92. The molecule has 1 aromatic rings. The highest BCUT2D eigenvalue weighted by Gasteiger charge is 2.22. The Morgan fingerprint density at radius 3 is 2.84 bits per heavy atom. The number of para-hydroxylation sites is 2. The standard InChI is InChI=1S/C16H24N2O/c17-14-4-3-10-18(12-14)15-5-1-2-6-16(15)19-11-9-13-7-8-13/h1-2,5-6,13-14H,3-4,7-12,17H2. The fourth-order valence-corrected chi connectivity index (χ4v) is 2.81. The minimum atomic E-state index is 0.299. The van der Waals surface area contributed by atoms with Crippen molar-refractivity contribution < 1.29 is 4.74 Å². The molecule has 2 N–H and O–H groups in total. The molecule has 1 saturated heterocycles. The summed E-state index contributed by atoms with van der Waals surface area (Å²) in [5, 5.41) is 0. The summed E-state index contributed by atoms with van der Waals surface area (Å²) in [5.74, 6) is 1.95. The van der Waals surface area contributed by atoms with Crippen LogP contribution in [0.25, 0.3) is 0 Å². The molecular formula is C16H24N2O. The monoisotopic (exact) mass is 260 g/mol. The van der Waals surface area contributed by atoms with Gasteiger partial charge in [-0.2, -0.15) is 0 Å². The van der Waals surface area contributed by atoms with Crippen LogP contribution < -0.4 is 15.4 Å². The number of hydrogen-bond donors (Lipinski definition) is 1. The molecule has 3 rings (SSSR count). The Morgan fingerprint density at radius 2 is 2.05 bits per heavy atom. The van der Waals surface area contributed by atoms with E-state index in [1.807, 2.05) is 0 Å². The average molecular weight is 260 g/mol. The molecule has 0 radical (unpaired) electrons. The number of benzene rings is 1. The number of rotatable bonds is 5. The van der Waals surface area contributed by atoms with E-state index in [4.69, 9.17) is 10.5 Å². The van der Waals surface area contributed by atoms with Crippen molar-refractivity contribution in [3.8, 4) is 5.75 Å². The van der Waals surface area contributed by atoms with Crippen molar-refractivity contribution in [2.24, 2.45) is 11.7 Å². The molecule has 2 aliphatic rings. The van der Waals surface area contributed by atoms with Gasteiger partial charge in [-0.25, -0.2) is 0 Å². The highest BCUT2D eigenvalue weighted by molar-refractivity contribution is 5.58. The van der Waals surface area contributed by atoms with Gasteiger partial charge in [-0.3, -0.25) is 0 Å². The molecule has 3 heteroatoms. The van der Waals surface area contributed by atoms with Crippen LogP contribution in [0, 0.1) is 5.92 Å². The first-order valence-electron chi connectivity index (χ1n) is 7.55. The largest absolute Gasteiger partial charge is 0.491 e. The molecule has 0 amide bonds. The maximum Gasteiger partial charge on any atom is 0.142 e. The smallest absolute Gasteiger partial charge is 0.142 e. The molecule has 0 aromatic heterocycles. The summed E-state index contributed by atoms with van der Waals surface area (Å²) < 4.78 is 5.99. The van der Waals surface area contributed by atoms with Crippen molar-refractivity contribution in [2.75, 3.05) is 24.6 Å². The second-order valence-electron chi connectivity index (χ2n) is 5.90. The van der Waals surface area contributed by atoms with E-state index in [2.05, 4.69) is 29.2 Å². The number of piperidine rings is 1. The van der Waals surface area contributed by atoms with E-state index in [-0.39, 0.29) is 0 Å². The van der Waals surface area contributed by atoms with Gasteiger partial charge < -0.3 is 15.4 Å². The van der Waals surface area contributed by atoms with Crippen molar-refractivity contribution in [3.63, 3.8) is 0 Å². The maximum atomic E-state index is 6.08. The molecule has 1 aliphatic heterocycles. The summed E-state index contributed by atoms with van der Waals surface area (Å²) in [6.45, 7) is 2.89. The van der Waals surface area contributed by atoms with Crippen LogP contribution in [0.1, 0.15) is 32.1 Å². The van der Waals surface area contributed by atoms with Gasteiger partial charge in [-0.15, -0.1) is 0 Å². The van der Waals surface area contributed by atoms with Crippen LogP contribution in [0.5, 0.6) is 5.75 Å². The lowest BCUT2D eigenvalue weighted by Gasteiger charge is -2.33. The van der Waals surface area contributed by atoms with E-state index in [0.29, 0.717) is 6.04 Å². The number of ether oxygens (including phenoxy) is 1. The fraction of sp³-hybridized carbons (Fsp3) is 0.625. The van der Waals surface area contributed by atoms with Crippen LogP contribution in [-0.2, 0) is 0 Å². The van der Waals surface area contributed by atoms with E-state index in [9.17, 15) is 0 Å². The van der Waals surface area contributed by atoms with Gasteiger partial charge >= 0.3 is 0 Å². The van der Waals surface area contributed by atoms with E-state index < -0.39 is 0 Å². The van der Waals surface area contributed by atoms with Crippen LogP contribution in [0.2, 0.25) is 0 Å². The van der Waals surface area contributed by atoms with Gasteiger partial charge in [0.15, 0.2) is 0 Å². The van der Waals surface area contributed by atoms with E-state index in [1.165, 1.54) is 31.4 Å². The Bertz CT molecular complexity index is 417. The average Bonchev–Trinajstić information content (AvgIpc) is 3.23. The summed E-state index contributed by atoms with van der Waals surface area (Å²) in [4.78, 5) is 2.38. The van der Waals surface area contributed by atoms with E-state index in [1.54, 1.807) is 0 Å². The van der Waals surface area contributed by atoms with Crippen LogP contribution in [-0.4, -0.2) is 25.7 Å². The highest BCUT2D eigenvalue weighted by atomic mass is 16.5. The van der Waals surface area contributed by atoms with Gasteiger partial charge in [0.25, 0.3) is 0 Å². The Labute approximate surface area is 115 Å². The van der Waals surface area contributed by atoms with Crippen LogP contribution >= 0.6 is 0 Å². The molecule has 19 heavy (non-hydrogen) atoms. The zero-order valence-electron chi connectivity index (χ0n) is 11.6. The number of hydrogen-bond acceptors (Lipinski definition) is 3. The zero-order valence-corrected chi connectivity index (χ0v) is 11.6. The Morgan fingerprint density at radius 1 is 1.21 bits per heavy atom. The zero-order chi connectivity index (χ0) is 13.1. The molecule has 0 spiro atoms. The fourth-order valence-electron chi connectivity index (χ4n) is 2.81. The van der Waals surface area contributed by atoms with Gasteiger partial charge in [0.1, 0.15) is 5.75 Å². The predicted octanol–water partition coefficient (Wildman–Crippen LogP) is 2.79. The predicted molar refractivity (Wildman–Crippen MR) is 78.7 cm³/mol. The highest BCUT2D eigenvalue weighted by Crippen LogP contribution is 2.34. The first kappa shape index (κ1) is 12.8. The third-order valence-electron chi connectivity index (χ3n) is 4.14. The van der Waals surface area contributed by atoms with Gasteiger partial charge in [-0.1, -0.05) is 25.0 Å². The molecule has 104 valence electrons. The second kappa shape index (κ2) is 5.83. The Hall–Kier alpha value is -1.22. The molecule has 1 aromatic carbocycles. The van der Waals surface area contributed by atoms with Gasteiger partial charge in [0, 0.05) is 19.1 Å². The molecule has 2 fully saturated rings. The molecule has 1 saturated carbocycles. The molecule has 1 heterocycles. The molecule has 1 aliphatic carbocycles. The number of nitrogens with two attached hydrogens (primary N) is 1. The van der Waals surface area contributed by atoms with Gasteiger partial charge in [-0.05, 0) is 37.3 Å².